The molecule has 0 fully saturated rings. The summed E-state index contributed by atoms with van der Waals surface area (Å²) < 4.78 is 11.4. The number of ether oxygens (including phenoxy) is 2. The van der Waals surface area contributed by atoms with E-state index >= 15 is 0 Å². The lowest BCUT2D eigenvalue weighted by Crippen LogP contribution is -2.36. The molecule has 0 saturated heterocycles. The van der Waals surface area contributed by atoms with Gasteiger partial charge in [-0.25, -0.2) is 0 Å². The third-order valence-corrected chi connectivity index (χ3v) is 3.91. The van der Waals surface area contributed by atoms with Crippen molar-refractivity contribution in [2.75, 3.05) is 6.54 Å². The normalized spacial score (nSPS) is 11.9. The zero-order chi connectivity index (χ0) is 18.9. The number of nitrogens with one attached hydrogen (secondary N) is 1. The SMILES string of the molecule is Cc1ccc(O[C@@H](C)C(=O)NCCCc2cccc(OC(C)C)c2)cc1. The van der Waals surface area contributed by atoms with Gasteiger partial charge in [-0.15, -0.1) is 0 Å². The van der Waals surface area contributed by atoms with Crippen molar-refractivity contribution in [2.24, 2.45) is 0 Å². The van der Waals surface area contributed by atoms with Crippen molar-refractivity contribution in [1.82, 2.24) is 5.32 Å². The molecule has 0 aromatic heterocycles. The van der Waals surface area contributed by atoms with Crippen LogP contribution in [0.2, 0.25) is 0 Å². The molecule has 0 saturated carbocycles. The second-order valence-corrected chi connectivity index (χ2v) is 6.78. The van der Waals surface area contributed by atoms with Gasteiger partial charge in [0.1, 0.15) is 11.5 Å². The minimum absolute atomic E-state index is 0.0949. The number of amides is 1. The molecule has 1 amide bonds. The van der Waals surface area contributed by atoms with E-state index in [2.05, 4.69) is 17.4 Å². The Morgan fingerprint density at radius 3 is 2.42 bits per heavy atom. The molecule has 140 valence electrons. The van der Waals surface area contributed by atoms with Gasteiger partial charge in [-0.1, -0.05) is 29.8 Å². The maximum absolute atomic E-state index is 12.1. The summed E-state index contributed by atoms with van der Waals surface area (Å²) >= 11 is 0. The molecule has 0 aliphatic carbocycles. The fraction of sp³-hybridized carbons (Fsp3) is 0.409. The molecular formula is C22H29NO3. The summed E-state index contributed by atoms with van der Waals surface area (Å²) in [4.78, 5) is 12.1. The first-order chi connectivity index (χ1) is 12.4. The quantitative estimate of drug-likeness (QED) is 0.682. The van der Waals surface area contributed by atoms with E-state index in [-0.39, 0.29) is 12.0 Å². The zero-order valence-corrected chi connectivity index (χ0v) is 16.1. The first-order valence-corrected chi connectivity index (χ1v) is 9.20. The Bertz CT molecular complexity index is 695. The maximum atomic E-state index is 12.1. The maximum Gasteiger partial charge on any atom is 0.260 e. The van der Waals surface area contributed by atoms with Crippen molar-refractivity contribution >= 4 is 5.91 Å². The van der Waals surface area contributed by atoms with E-state index in [4.69, 9.17) is 9.47 Å². The van der Waals surface area contributed by atoms with E-state index < -0.39 is 6.10 Å². The van der Waals surface area contributed by atoms with Crippen LogP contribution in [0.5, 0.6) is 11.5 Å². The Morgan fingerprint density at radius 2 is 1.73 bits per heavy atom. The van der Waals surface area contributed by atoms with E-state index in [1.807, 2.05) is 57.2 Å². The number of aryl methyl sites for hydroxylation is 2. The van der Waals surface area contributed by atoms with Crippen LogP contribution >= 0.6 is 0 Å². The highest BCUT2D eigenvalue weighted by molar-refractivity contribution is 5.80. The van der Waals surface area contributed by atoms with Crippen molar-refractivity contribution in [3.8, 4) is 11.5 Å². The number of carbonyl (C=O) groups excluding carboxylic acids is 1. The van der Waals surface area contributed by atoms with Crippen LogP contribution in [0, 0.1) is 6.92 Å². The van der Waals surface area contributed by atoms with Gasteiger partial charge in [-0.2, -0.15) is 0 Å². The molecule has 2 aromatic carbocycles. The molecule has 0 heterocycles. The van der Waals surface area contributed by atoms with E-state index in [9.17, 15) is 4.79 Å². The van der Waals surface area contributed by atoms with Gasteiger partial charge in [0.2, 0.25) is 0 Å². The molecular weight excluding hydrogens is 326 g/mol. The number of benzene rings is 2. The van der Waals surface area contributed by atoms with E-state index in [0.29, 0.717) is 12.3 Å². The second kappa shape index (κ2) is 9.85. The Balaban J connectivity index is 1.71. The molecule has 2 aromatic rings. The number of rotatable bonds is 9. The minimum Gasteiger partial charge on any atom is -0.491 e. The Labute approximate surface area is 156 Å². The summed E-state index contributed by atoms with van der Waals surface area (Å²) in [7, 11) is 0. The van der Waals surface area contributed by atoms with Crippen LogP contribution in [0.1, 0.15) is 38.3 Å². The molecule has 2 rings (SSSR count). The van der Waals surface area contributed by atoms with E-state index in [1.54, 1.807) is 6.92 Å². The highest BCUT2D eigenvalue weighted by atomic mass is 16.5. The van der Waals surface area contributed by atoms with E-state index in [1.165, 1.54) is 5.56 Å². The molecule has 0 unspecified atom stereocenters. The summed E-state index contributed by atoms with van der Waals surface area (Å²) in [5.74, 6) is 1.50. The summed E-state index contributed by atoms with van der Waals surface area (Å²) in [6, 6.07) is 15.8. The Hall–Kier alpha value is -2.49. The molecule has 0 aliphatic heterocycles. The van der Waals surface area contributed by atoms with Crippen LogP contribution in [0.3, 0.4) is 0 Å². The third kappa shape index (κ3) is 6.79. The van der Waals surface area contributed by atoms with Crippen molar-refractivity contribution < 1.29 is 14.3 Å². The molecule has 0 bridgehead atoms. The molecule has 0 radical (unpaired) electrons. The Morgan fingerprint density at radius 1 is 1.00 bits per heavy atom. The van der Waals surface area contributed by atoms with Gasteiger partial charge in [0.05, 0.1) is 6.10 Å². The van der Waals surface area contributed by atoms with Crippen molar-refractivity contribution in [3.63, 3.8) is 0 Å². The molecule has 26 heavy (non-hydrogen) atoms. The zero-order valence-electron chi connectivity index (χ0n) is 16.1. The monoisotopic (exact) mass is 355 g/mol. The molecule has 0 spiro atoms. The van der Waals surface area contributed by atoms with E-state index in [0.717, 1.165) is 24.2 Å². The predicted octanol–water partition coefficient (Wildman–Crippen LogP) is 4.30. The first-order valence-electron chi connectivity index (χ1n) is 9.20. The van der Waals surface area contributed by atoms with Crippen LogP contribution in [0.15, 0.2) is 48.5 Å². The Kier molecular flexibility index (Phi) is 7.52. The molecule has 1 atom stereocenters. The van der Waals surface area contributed by atoms with Gasteiger partial charge in [-0.05, 0) is 70.4 Å². The summed E-state index contributed by atoms with van der Waals surface area (Å²) in [6.45, 7) is 8.44. The molecule has 0 aliphatic rings. The summed E-state index contributed by atoms with van der Waals surface area (Å²) in [6.07, 6.45) is 1.41. The smallest absolute Gasteiger partial charge is 0.260 e. The standard InChI is InChI=1S/C22H29NO3/c1-16(2)25-21-9-5-7-19(15-21)8-6-14-23-22(24)18(4)26-20-12-10-17(3)11-13-20/h5,7,9-13,15-16,18H,6,8,14H2,1-4H3,(H,23,24)/t18-/m0/s1. The van der Waals surface area contributed by atoms with Gasteiger partial charge in [0.25, 0.3) is 5.91 Å². The van der Waals surface area contributed by atoms with Crippen LogP contribution in [-0.2, 0) is 11.2 Å². The second-order valence-electron chi connectivity index (χ2n) is 6.78. The molecule has 4 nitrogen and oxygen atoms in total. The van der Waals surface area contributed by atoms with Gasteiger partial charge in [0.15, 0.2) is 6.10 Å². The van der Waals surface area contributed by atoms with Crippen molar-refractivity contribution in [1.29, 1.82) is 0 Å². The lowest BCUT2D eigenvalue weighted by Gasteiger charge is -2.15. The lowest BCUT2D eigenvalue weighted by molar-refractivity contribution is -0.127. The number of hydrogen-bond acceptors (Lipinski definition) is 3. The van der Waals surface area contributed by atoms with Crippen LogP contribution in [-0.4, -0.2) is 24.7 Å². The van der Waals surface area contributed by atoms with Crippen LogP contribution < -0.4 is 14.8 Å². The first kappa shape index (κ1) is 19.8. The largest absolute Gasteiger partial charge is 0.491 e. The molecule has 4 heteroatoms. The van der Waals surface area contributed by atoms with Gasteiger partial charge < -0.3 is 14.8 Å². The number of hydrogen-bond donors (Lipinski definition) is 1. The van der Waals surface area contributed by atoms with Crippen molar-refractivity contribution in [3.05, 3.63) is 59.7 Å². The van der Waals surface area contributed by atoms with Gasteiger partial charge in [0, 0.05) is 6.54 Å². The average molecular weight is 355 g/mol. The van der Waals surface area contributed by atoms with Crippen molar-refractivity contribution in [2.45, 2.75) is 52.7 Å². The predicted molar refractivity (Wildman–Crippen MR) is 105 cm³/mol. The third-order valence-electron chi connectivity index (χ3n) is 3.91. The van der Waals surface area contributed by atoms with Gasteiger partial charge in [-0.3, -0.25) is 4.79 Å². The number of carbonyl (C=O) groups is 1. The van der Waals surface area contributed by atoms with Crippen LogP contribution in [0.25, 0.3) is 0 Å². The fourth-order valence-electron chi connectivity index (χ4n) is 2.57. The highest BCUT2D eigenvalue weighted by Gasteiger charge is 2.13. The van der Waals surface area contributed by atoms with Crippen LogP contribution in [0.4, 0.5) is 0 Å². The summed E-state index contributed by atoms with van der Waals surface area (Å²) in [5.41, 5.74) is 2.37. The minimum atomic E-state index is -0.513. The highest BCUT2D eigenvalue weighted by Crippen LogP contribution is 2.16. The molecule has 1 N–H and O–H groups in total. The average Bonchev–Trinajstić information content (AvgIpc) is 2.60. The summed E-state index contributed by atoms with van der Waals surface area (Å²) in [5, 5.41) is 2.94. The topological polar surface area (TPSA) is 47.6 Å². The fourth-order valence-corrected chi connectivity index (χ4v) is 2.57. The lowest BCUT2D eigenvalue weighted by atomic mass is 10.1. The van der Waals surface area contributed by atoms with Gasteiger partial charge >= 0.3 is 0 Å².